The normalized spacial score (nSPS) is 12.2. The predicted molar refractivity (Wildman–Crippen MR) is 102 cm³/mol. The molecule has 3 N–H and O–H groups in total. The first-order valence-corrected chi connectivity index (χ1v) is 8.79. The van der Waals surface area contributed by atoms with Crippen LogP contribution in [0, 0.1) is 0 Å². The van der Waals surface area contributed by atoms with Crippen LogP contribution in [-0.4, -0.2) is 18.5 Å². The van der Waals surface area contributed by atoms with Gasteiger partial charge >= 0.3 is 12.2 Å². The van der Waals surface area contributed by atoms with E-state index in [1.54, 1.807) is 0 Å². The van der Waals surface area contributed by atoms with Gasteiger partial charge in [0.1, 0.15) is 0 Å². The second kappa shape index (κ2) is 9.25. The van der Waals surface area contributed by atoms with Gasteiger partial charge in [0.05, 0.1) is 11.3 Å². The van der Waals surface area contributed by atoms with E-state index in [9.17, 15) is 22.8 Å². The van der Waals surface area contributed by atoms with Gasteiger partial charge in [0.25, 0.3) is 0 Å². The van der Waals surface area contributed by atoms with Crippen LogP contribution < -0.4 is 16.0 Å². The van der Waals surface area contributed by atoms with Crippen LogP contribution in [0.1, 0.15) is 37.3 Å². The van der Waals surface area contributed by atoms with Gasteiger partial charge in [-0.25, -0.2) is 4.79 Å². The number of rotatable bonds is 6. The summed E-state index contributed by atoms with van der Waals surface area (Å²) in [6.45, 7) is 3.46. The molecule has 0 saturated heterocycles. The van der Waals surface area contributed by atoms with E-state index in [4.69, 9.17) is 0 Å². The highest BCUT2D eigenvalue weighted by molar-refractivity contribution is 5.92. The molecule has 28 heavy (non-hydrogen) atoms. The number of amides is 3. The Morgan fingerprint density at radius 2 is 1.71 bits per heavy atom. The quantitative estimate of drug-likeness (QED) is 0.648. The van der Waals surface area contributed by atoms with E-state index < -0.39 is 23.7 Å². The third-order valence-electron chi connectivity index (χ3n) is 4.17. The molecule has 0 spiro atoms. The molecule has 2 aromatic rings. The molecular formula is C20H22F3N3O2. The first-order chi connectivity index (χ1) is 13.2. The molecule has 2 rings (SSSR count). The number of carbonyl (C=O) groups excluding carboxylic acids is 2. The van der Waals surface area contributed by atoms with Crippen LogP contribution in [0.5, 0.6) is 0 Å². The highest BCUT2D eigenvalue weighted by atomic mass is 19.4. The van der Waals surface area contributed by atoms with Crippen molar-refractivity contribution >= 4 is 23.3 Å². The lowest BCUT2D eigenvalue weighted by atomic mass is 9.97. The van der Waals surface area contributed by atoms with Crippen LogP contribution in [0.3, 0.4) is 0 Å². The summed E-state index contributed by atoms with van der Waals surface area (Å²) < 4.78 is 40.0. The first kappa shape index (κ1) is 21.3. The van der Waals surface area contributed by atoms with Crippen molar-refractivity contribution in [2.75, 3.05) is 17.2 Å². The Kier molecular flexibility index (Phi) is 7.03. The van der Waals surface area contributed by atoms with Crippen molar-refractivity contribution < 1.29 is 22.8 Å². The molecule has 0 aliphatic heterocycles. The highest BCUT2D eigenvalue weighted by Gasteiger charge is 2.34. The van der Waals surface area contributed by atoms with Crippen LogP contribution in [0.25, 0.3) is 0 Å². The highest BCUT2D eigenvalue weighted by Crippen LogP contribution is 2.36. The molecule has 150 valence electrons. The van der Waals surface area contributed by atoms with E-state index >= 15 is 0 Å². The fraction of sp³-hybridized carbons (Fsp3) is 0.300. The molecule has 0 fully saturated rings. The summed E-state index contributed by atoms with van der Waals surface area (Å²) in [4.78, 5) is 23.2. The lowest BCUT2D eigenvalue weighted by Gasteiger charge is -2.18. The van der Waals surface area contributed by atoms with Crippen molar-refractivity contribution in [3.8, 4) is 0 Å². The third-order valence-corrected chi connectivity index (χ3v) is 4.17. The maximum Gasteiger partial charge on any atom is 0.418 e. The van der Waals surface area contributed by atoms with Gasteiger partial charge in [-0.2, -0.15) is 13.2 Å². The van der Waals surface area contributed by atoms with Crippen molar-refractivity contribution in [3.05, 3.63) is 59.7 Å². The van der Waals surface area contributed by atoms with Gasteiger partial charge in [0.15, 0.2) is 0 Å². The zero-order valence-corrected chi connectivity index (χ0v) is 15.6. The van der Waals surface area contributed by atoms with Gasteiger partial charge in [0, 0.05) is 25.1 Å². The molecule has 0 saturated carbocycles. The van der Waals surface area contributed by atoms with Crippen LogP contribution >= 0.6 is 0 Å². The molecule has 3 amide bonds. The Labute approximate surface area is 161 Å². The van der Waals surface area contributed by atoms with E-state index in [0.717, 1.165) is 24.1 Å². The van der Waals surface area contributed by atoms with Gasteiger partial charge in [0.2, 0.25) is 5.91 Å². The molecule has 0 aromatic heterocycles. The fourth-order valence-corrected chi connectivity index (χ4v) is 2.77. The largest absolute Gasteiger partial charge is 0.418 e. The number of hydrogen-bond donors (Lipinski definition) is 3. The minimum atomic E-state index is -4.69. The minimum Gasteiger partial charge on any atom is -0.337 e. The summed E-state index contributed by atoms with van der Waals surface area (Å²) in [5, 5.41) is 7.16. The average molecular weight is 393 g/mol. The molecule has 0 aliphatic rings. The van der Waals surface area contributed by atoms with Crippen LogP contribution in [-0.2, 0) is 11.0 Å². The summed E-state index contributed by atoms with van der Waals surface area (Å²) in [6, 6.07) is 12.0. The van der Waals surface area contributed by atoms with Crippen molar-refractivity contribution in [1.82, 2.24) is 5.32 Å². The number of halogens is 3. The lowest BCUT2D eigenvalue weighted by Crippen LogP contribution is -2.33. The third kappa shape index (κ3) is 6.00. The molecule has 0 unspecified atom stereocenters. The second-order valence-corrected chi connectivity index (χ2v) is 6.29. The van der Waals surface area contributed by atoms with Crippen LogP contribution in [0.15, 0.2) is 48.5 Å². The Morgan fingerprint density at radius 1 is 1.04 bits per heavy atom. The van der Waals surface area contributed by atoms with Crippen molar-refractivity contribution in [2.24, 2.45) is 0 Å². The standard InChI is InChI=1S/C20H22F3N3O2/c1-3-14(15-7-5-4-6-8-15)12-24-19(28)26-18-10-9-16(25-13(2)27)11-17(18)20(21,22)23/h4-11,14H,3,12H2,1-2H3,(H,25,27)(H2,24,26,28)/t14-/m1/s1. The van der Waals surface area contributed by atoms with Crippen molar-refractivity contribution in [1.29, 1.82) is 0 Å². The van der Waals surface area contributed by atoms with E-state index in [2.05, 4.69) is 16.0 Å². The molecule has 8 heteroatoms. The van der Waals surface area contributed by atoms with E-state index in [1.165, 1.54) is 13.0 Å². The molecule has 0 bridgehead atoms. The Morgan fingerprint density at radius 3 is 2.29 bits per heavy atom. The predicted octanol–water partition coefficient (Wildman–Crippen LogP) is 4.98. The Bertz CT molecular complexity index is 823. The molecule has 5 nitrogen and oxygen atoms in total. The number of hydrogen-bond acceptors (Lipinski definition) is 2. The molecule has 2 aromatic carbocycles. The maximum absolute atomic E-state index is 13.3. The molecule has 0 radical (unpaired) electrons. The maximum atomic E-state index is 13.3. The zero-order valence-electron chi connectivity index (χ0n) is 15.6. The number of carbonyl (C=O) groups is 2. The van der Waals surface area contributed by atoms with Crippen LogP contribution in [0.2, 0.25) is 0 Å². The van der Waals surface area contributed by atoms with E-state index in [0.29, 0.717) is 0 Å². The zero-order chi connectivity index (χ0) is 20.7. The molecule has 0 aliphatic carbocycles. The number of urea groups is 1. The lowest BCUT2D eigenvalue weighted by molar-refractivity contribution is -0.137. The Balaban J connectivity index is 2.09. The minimum absolute atomic E-state index is 0.000841. The SMILES string of the molecule is CC[C@H](CNC(=O)Nc1ccc(NC(C)=O)cc1C(F)(F)F)c1ccccc1. The smallest absolute Gasteiger partial charge is 0.337 e. The second-order valence-electron chi connectivity index (χ2n) is 6.29. The Hall–Kier alpha value is -3.03. The average Bonchev–Trinajstić information content (AvgIpc) is 2.63. The van der Waals surface area contributed by atoms with Gasteiger partial charge in [-0.1, -0.05) is 37.3 Å². The van der Waals surface area contributed by atoms with Gasteiger partial charge < -0.3 is 16.0 Å². The monoisotopic (exact) mass is 393 g/mol. The molecule has 1 atom stereocenters. The van der Waals surface area contributed by atoms with Gasteiger partial charge in [-0.15, -0.1) is 0 Å². The van der Waals surface area contributed by atoms with E-state index in [-0.39, 0.29) is 23.8 Å². The number of nitrogens with one attached hydrogen (secondary N) is 3. The number of alkyl halides is 3. The number of anilines is 2. The van der Waals surface area contributed by atoms with Gasteiger partial charge in [-0.05, 0) is 30.2 Å². The summed E-state index contributed by atoms with van der Waals surface area (Å²) in [5.74, 6) is -0.436. The van der Waals surface area contributed by atoms with Crippen molar-refractivity contribution in [2.45, 2.75) is 32.4 Å². The summed E-state index contributed by atoms with van der Waals surface area (Å²) in [6.07, 6.45) is -3.92. The number of benzene rings is 2. The van der Waals surface area contributed by atoms with Crippen molar-refractivity contribution in [3.63, 3.8) is 0 Å². The van der Waals surface area contributed by atoms with Gasteiger partial charge in [-0.3, -0.25) is 4.79 Å². The summed E-state index contributed by atoms with van der Waals surface area (Å²) in [7, 11) is 0. The molecular weight excluding hydrogens is 371 g/mol. The fourth-order valence-electron chi connectivity index (χ4n) is 2.77. The van der Waals surface area contributed by atoms with E-state index in [1.807, 2.05) is 37.3 Å². The summed E-state index contributed by atoms with van der Waals surface area (Å²) >= 11 is 0. The topological polar surface area (TPSA) is 70.2 Å². The summed E-state index contributed by atoms with van der Waals surface area (Å²) in [5.41, 5.74) is -0.377. The first-order valence-electron chi connectivity index (χ1n) is 8.79. The van der Waals surface area contributed by atoms with Crippen LogP contribution in [0.4, 0.5) is 29.3 Å². The molecule has 0 heterocycles.